The van der Waals surface area contributed by atoms with Gasteiger partial charge in [0.05, 0.1) is 0 Å². The summed E-state index contributed by atoms with van der Waals surface area (Å²) in [4.78, 5) is 0. The maximum Gasteiger partial charge on any atom is 0.573 e. The Kier molecular flexibility index (Phi) is 3.24. The Hall–Kier alpha value is -1.37. The lowest BCUT2D eigenvalue weighted by molar-refractivity contribution is -0.275. The topological polar surface area (TPSA) is 38.7 Å². The quantitative estimate of drug-likeness (QED) is 0.759. The molecule has 1 radical (unpaired) electrons. The number of hydrogen-bond acceptors (Lipinski definition) is 3. The van der Waals surface area contributed by atoms with Crippen LogP contribution in [0.2, 0.25) is 0 Å². The van der Waals surface area contributed by atoms with E-state index < -0.39 is 12.1 Å². The van der Waals surface area contributed by atoms with Crippen LogP contribution in [-0.4, -0.2) is 19.1 Å². The predicted molar refractivity (Wildman–Crippen MR) is 41.7 cm³/mol. The molecule has 0 bridgehead atoms. The zero-order valence-corrected chi connectivity index (χ0v) is 6.78. The lowest BCUT2D eigenvalue weighted by Gasteiger charge is -2.12. The van der Waals surface area contributed by atoms with E-state index in [1.807, 2.05) is 0 Å². The fourth-order valence-corrected chi connectivity index (χ4v) is 0.813. The lowest BCUT2D eigenvalue weighted by atomic mass is 10.3. The van der Waals surface area contributed by atoms with Crippen molar-refractivity contribution in [2.24, 2.45) is 0 Å². The fraction of sp³-hybridized carbons (Fsp3) is 0.143. The molecule has 1 aromatic carbocycles. The molecule has 14 heavy (non-hydrogen) atoms. The smallest absolute Gasteiger partial charge is 0.535 e. The van der Waals surface area contributed by atoms with E-state index in [-0.39, 0.29) is 13.4 Å². The summed E-state index contributed by atoms with van der Waals surface area (Å²) >= 11 is 0. The number of halogens is 3. The molecule has 0 unspecified atom stereocenters. The highest BCUT2D eigenvalue weighted by Crippen LogP contribution is 2.31. The van der Waals surface area contributed by atoms with Crippen LogP contribution in [-0.2, 0) is 0 Å². The third kappa shape index (κ3) is 3.17. The summed E-state index contributed by atoms with van der Waals surface area (Å²) < 4.78 is 43.5. The van der Waals surface area contributed by atoms with Gasteiger partial charge in [-0.05, 0) is 12.1 Å². The molecule has 1 aromatic rings. The molecule has 75 valence electrons. The Morgan fingerprint density at radius 2 is 1.71 bits per heavy atom. The van der Waals surface area contributed by atoms with E-state index in [1.165, 1.54) is 18.2 Å². The maximum absolute atomic E-state index is 11.8. The number of hydrogen-bond donors (Lipinski definition) is 1. The van der Waals surface area contributed by atoms with Crippen molar-refractivity contribution >= 4 is 7.69 Å². The Bertz CT molecular complexity index is 302. The molecule has 3 nitrogen and oxygen atoms in total. The minimum absolute atomic E-state index is 0.215. The van der Waals surface area contributed by atoms with Crippen LogP contribution in [0.1, 0.15) is 0 Å². The van der Waals surface area contributed by atoms with Gasteiger partial charge in [0.25, 0.3) is 0 Å². The van der Waals surface area contributed by atoms with Gasteiger partial charge in [-0.3, -0.25) is 0 Å². The molecule has 0 amide bonds. The minimum Gasteiger partial charge on any atom is -0.535 e. The van der Waals surface area contributed by atoms with E-state index in [2.05, 4.69) is 9.39 Å². The van der Waals surface area contributed by atoms with Crippen LogP contribution in [0, 0.1) is 0 Å². The molecule has 0 aliphatic heterocycles. The second kappa shape index (κ2) is 4.23. The Balaban J connectivity index is 2.84. The molecule has 0 heterocycles. The molecule has 0 saturated heterocycles. The van der Waals surface area contributed by atoms with E-state index in [4.69, 9.17) is 5.02 Å². The van der Waals surface area contributed by atoms with Crippen LogP contribution in [0.4, 0.5) is 13.2 Å². The minimum atomic E-state index is -4.78. The van der Waals surface area contributed by atoms with Crippen LogP contribution >= 0.6 is 0 Å². The summed E-state index contributed by atoms with van der Waals surface area (Å²) in [6.45, 7) is 0. The average Bonchev–Trinajstić information content (AvgIpc) is 2.06. The second-order valence-corrected chi connectivity index (χ2v) is 2.22. The van der Waals surface area contributed by atoms with E-state index in [0.29, 0.717) is 0 Å². The van der Waals surface area contributed by atoms with E-state index in [0.717, 1.165) is 6.07 Å². The molecule has 0 aliphatic rings. The Morgan fingerprint density at radius 3 is 2.21 bits per heavy atom. The highest BCUT2D eigenvalue weighted by Gasteiger charge is 2.32. The third-order valence-corrected chi connectivity index (χ3v) is 1.25. The van der Waals surface area contributed by atoms with Gasteiger partial charge in [0.2, 0.25) is 0 Å². The first-order valence-electron chi connectivity index (χ1n) is 3.50. The van der Waals surface area contributed by atoms with Crippen LogP contribution in [0.15, 0.2) is 24.3 Å². The van der Waals surface area contributed by atoms with Gasteiger partial charge in [-0.25, -0.2) is 0 Å². The summed E-state index contributed by atoms with van der Waals surface area (Å²) in [5.41, 5.74) is 0. The first kappa shape index (κ1) is 10.7. The molecule has 0 spiro atoms. The number of alkyl halides is 3. The monoisotopic (exact) mass is 205 g/mol. The van der Waals surface area contributed by atoms with Gasteiger partial charge in [0.15, 0.2) is 5.75 Å². The van der Waals surface area contributed by atoms with Crippen LogP contribution in [0.25, 0.3) is 0 Å². The van der Waals surface area contributed by atoms with Gasteiger partial charge in [-0.15, -0.1) is 13.2 Å². The van der Waals surface area contributed by atoms with Crippen molar-refractivity contribution in [1.29, 1.82) is 0 Å². The molecule has 7 heteroatoms. The number of rotatable bonds is 3. The van der Waals surface area contributed by atoms with Crippen molar-refractivity contribution in [1.82, 2.24) is 0 Å². The maximum atomic E-state index is 11.8. The first-order chi connectivity index (χ1) is 6.53. The predicted octanol–water partition coefficient (Wildman–Crippen LogP) is 1.49. The van der Waals surface area contributed by atoms with Gasteiger partial charge in [0, 0.05) is 0 Å². The van der Waals surface area contributed by atoms with Crippen molar-refractivity contribution in [2.45, 2.75) is 6.36 Å². The van der Waals surface area contributed by atoms with Crippen molar-refractivity contribution < 1.29 is 27.6 Å². The van der Waals surface area contributed by atoms with Crippen molar-refractivity contribution in [3.05, 3.63) is 24.3 Å². The summed E-state index contributed by atoms with van der Waals surface area (Å²) in [6.07, 6.45) is -4.78. The van der Waals surface area contributed by atoms with Gasteiger partial charge < -0.3 is 14.4 Å². The highest BCUT2D eigenvalue weighted by molar-refractivity contribution is 6.17. The molecular weight excluding hydrogens is 200 g/mol. The Morgan fingerprint density at radius 1 is 1.14 bits per heavy atom. The lowest BCUT2D eigenvalue weighted by Crippen LogP contribution is -2.18. The van der Waals surface area contributed by atoms with Gasteiger partial charge in [-0.1, -0.05) is 12.1 Å². The third-order valence-electron chi connectivity index (χ3n) is 1.25. The van der Waals surface area contributed by atoms with E-state index in [1.54, 1.807) is 0 Å². The van der Waals surface area contributed by atoms with Crippen molar-refractivity contribution in [2.75, 3.05) is 0 Å². The molecule has 0 atom stereocenters. The summed E-state index contributed by atoms with van der Waals surface area (Å²) in [6, 6.07) is 5.10. The van der Waals surface area contributed by atoms with Crippen LogP contribution < -0.4 is 9.39 Å². The SMILES string of the molecule is O[B]Oc1ccccc1OC(F)(F)F. The van der Waals surface area contributed by atoms with Crippen LogP contribution in [0.5, 0.6) is 11.5 Å². The van der Waals surface area contributed by atoms with Gasteiger partial charge in [-0.2, -0.15) is 0 Å². The first-order valence-corrected chi connectivity index (χ1v) is 3.50. The second-order valence-electron chi connectivity index (χ2n) is 2.22. The summed E-state index contributed by atoms with van der Waals surface area (Å²) in [5, 5.41) is 8.26. The van der Waals surface area contributed by atoms with E-state index >= 15 is 0 Å². The Labute approximate surface area is 78.4 Å². The highest BCUT2D eigenvalue weighted by atomic mass is 19.4. The normalized spacial score (nSPS) is 10.9. The molecule has 1 N–H and O–H groups in total. The molecule has 1 rings (SSSR count). The van der Waals surface area contributed by atoms with Crippen LogP contribution in [0.3, 0.4) is 0 Å². The number of para-hydroxylation sites is 2. The largest absolute Gasteiger partial charge is 0.573 e. The molecule has 0 saturated carbocycles. The van der Waals surface area contributed by atoms with Gasteiger partial charge >= 0.3 is 14.0 Å². The zero-order valence-electron chi connectivity index (χ0n) is 6.78. The molecule has 0 aliphatic carbocycles. The molecular formula is C7H5BF3O3. The summed E-state index contributed by atoms with van der Waals surface area (Å²) in [7, 11) is 0.276. The zero-order chi connectivity index (χ0) is 10.6. The van der Waals surface area contributed by atoms with E-state index in [9.17, 15) is 13.2 Å². The molecule has 0 fully saturated rings. The number of ether oxygens (including phenoxy) is 1. The molecule has 0 aromatic heterocycles. The van der Waals surface area contributed by atoms with Gasteiger partial charge in [0.1, 0.15) is 5.75 Å². The summed E-state index contributed by atoms with van der Waals surface area (Å²) in [5.74, 6) is -0.724. The fourth-order valence-electron chi connectivity index (χ4n) is 0.813. The number of benzene rings is 1. The van der Waals surface area contributed by atoms with Crippen molar-refractivity contribution in [3.63, 3.8) is 0 Å². The van der Waals surface area contributed by atoms with Crippen molar-refractivity contribution in [3.8, 4) is 11.5 Å². The standard InChI is InChI=1S/C7H5BF3O3/c9-7(10,11)13-5-3-1-2-4-6(5)14-8-12/h1-4,12H. The average molecular weight is 205 g/mol.